The molecule has 1 fully saturated rings. The first kappa shape index (κ1) is 16.2. The Bertz CT molecular complexity index is 523. The minimum Gasteiger partial charge on any atom is -0.396 e. The summed E-state index contributed by atoms with van der Waals surface area (Å²) in [4.78, 5) is 25.9. The molecule has 0 aliphatic carbocycles. The highest BCUT2D eigenvalue weighted by atomic mass is 32.1. The van der Waals surface area contributed by atoms with Crippen molar-refractivity contribution in [3.8, 4) is 0 Å². The van der Waals surface area contributed by atoms with E-state index in [2.05, 4.69) is 0 Å². The van der Waals surface area contributed by atoms with Crippen molar-refractivity contribution in [3.63, 3.8) is 0 Å². The number of hydrogen-bond donors (Lipinski definition) is 1. The summed E-state index contributed by atoms with van der Waals surface area (Å²) in [5.74, 6) is 0.191. The Morgan fingerprint density at radius 2 is 2.29 bits per heavy atom. The van der Waals surface area contributed by atoms with Gasteiger partial charge in [-0.25, -0.2) is 0 Å². The standard InChI is InChI=1S/C15H24N2O3S/c1-12-11-21-15(20)16(12)8-3-7-14(19)17-9-2-5-13(17)6-4-10-18/h11,13,18H,2-10H2,1H3. The third-order valence-electron chi connectivity index (χ3n) is 4.14. The summed E-state index contributed by atoms with van der Waals surface area (Å²) in [5.41, 5.74) is 0.972. The average molecular weight is 312 g/mol. The van der Waals surface area contributed by atoms with Crippen LogP contribution in [-0.2, 0) is 11.3 Å². The maximum absolute atomic E-state index is 12.3. The first-order valence-corrected chi connectivity index (χ1v) is 8.56. The molecule has 0 bridgehead atoms. The Balaban J connectivity index is 1.80. The van der Waals surface area contributed by atoms with Gasteiger partial charge in [0.05, 0.1) is 0 Å². The van der Waals surface area contributed by atoms with Gasteiger partial charge >= 0.3 is 4.87 Å². The Morgan fingerprint density at radius 3 is 2.95 bits per heavy atom. The molecular formula is C15H24N2O3S. The quantitative estimate of drug-likeness (QED) is 0.834. The van der Waals surface area contributed by atoms with Gasteiger partial charge in [-0.3, -0.25) is 9.59 Å². The van der Waals surface area contributed by atoms with E-state index < -0.39 is 0 Å². The first-order chi connectivity index (χ1) is 10.1. The van der Waals surface area contributed by atoms with Gasteiger partial charge in [-0.2, -0.15) is 0 Å². The number of aromatic nitrogens is 1. The predicted octanol–water partition coefficient (Wildman–Crippen LogP) is 1.76. The molecule has 6 heteroatoms. The molecule has 0 aromatic carbocycles. The smallest absolute Gasteiger partial charge is 0.307 e. The lowest BCUT2D eigenvalue weighted by Crippen LogP contribution is -2.35. The molecule has 1 saturated heterocycles. The highest BCUT2D eigenvalue weighted by Crippen LogP contribution is 2.22. The fourth-order valence-corrected chi connectivity index (χ4v) is 3.76. The second kappa shape index (κ2) is 7.75. The molecular weight excluding hydrogens is 288 g/mol. The van der Waals surface area contributed by atoms with Crippen LogP contribution in [0.5, 0.6) is 0 Å². The van der Waals surface area contributed by atoms with Gasteiger partial charge in [0, 0.05) is 43.2 Å². The Morgan fingerprint density at radius 1 is 1.48 bits per heavy atom. The van der Waals surface area contributed by atoms with E-state index in [1.54, 1.807) is 4.57 Å². The number of aliphatic hydroxyl groups is 1. The molecule has 21 heavy (non-hydrogen) atoms. The normalized spacial score (nSPS) is 18.4. The Kier molecular flexibility index (Phi) is 5.99. The van der Waals surface area contributed by atoms with Gasteiger partial charge in [0.15, 0.2) is 0 Å². The lowest BCUT2D eigenvalue weighted by atomic mass is 10.1. The van der Waals surface area contributed by atoms with Gasteiger partial charge in [-0.05, 0) is 39.0 Å². The van der Waals surface area contributed by atoms with Crippen LogP contribution in [0.4, 0.5) is 0 Å². The minimum atomic E-state index is 0.0574. The zero-order chi connectivity index (χ0) is 15.2. The van der Waals surface area contributed by atoms with E-state index in [0.717, 1.165) is 37.9 Å². The van der Waals surface area contributed by atoms with Crippen molar-refractivity contribution >= 4 is 17.2 Å². The monoisotopic (exact) mass is 312 g/mol. The summed E-state index contributed by atoms with van der Waals surface area (Å²) in [7, 11) is 0. The fourth-order valence-electron chi connectivity index (χ4n) is 3.00. The summed E-state index contributed by atoms with van der Waals surface area (Å²) in [6, 6.07) is 0.301. The number of aliphatic hydroxyl groups excluding tert-OH is 1. The lowest BCUT2D eigenvalue weighted by molar-refractivity contribution is -0.132. The topological polar surface area (TPSA) is 62.5 Å². The van der Waals surface area contributed by atoms with Crippen LogP contribution in [0, 0.1) is 6.92 Å². The van der Waals surface area contributed by atoms with Crippen molar-refractivity contribution in [2.45, 2.75) is 58.0 Å². The number of aryl methyl sites for hydroxylation is 1. The van der Waals surface area contributed by atoms with Gasteiger partial charge in [-0.15, -0.1) is 0 Å². The van der Waals surface area contributed by atoms with Gasteiger partial charge in [0.1, 0.15) is 0 Å². The van der Waals surface area contributed by atoms with Crippen LogP contribution >= 0.6 is 11.3 Å². The van der Waals surface area contributed by atoms with Crippen LogP contribution in [-0.4, -0.2) is 39.7 Å². The minimum absolute atomic E-state index is 0.0574. The van der Waals surface area contributed by atoms with E-state index in [1.165, 1.54) is 11.3 Å². The van der Waals surface area contributed by atoms with Crippen LogP contribution in [0.25, 0.3) is 0 Å². The third kappa shape index (κ3) is 4.17. The van der Waals surface area contributed by atoms with E-state index in [1.807, 2.05) is 17.2 Å². The van der Waals surface area contributed by atoms with Crippen molar-refractivity contribution in [1.29, 1.82) is 0 Å². The van der Waals surface area contributed by atoms with Crippen molar-refractivity contribution in [1.82, 2.24) is 9.47 Å². The van der Waals surface area contributed by atoms with Crippen LogP contribution in [0.1, 0.15) is 44.2 Å². The molecule has 1 aromatic heterocycles. The number of hydrogen-bond acceptors (Lipinski definition) is 4. The van der Waals surface area contributed by atoms with Gasteiger partial charge < -0.3 is 14.6 Å². The molecule has 1 aliphatic heterocycles. The zero-order valence-electron chi connectivity index (χ0n) is 12.6. The number of carbonyl (C=O) groups is 1. The Labute approximate surface area is 129 Å². The lowest BCUT2D eigenvalue weighted by Gasteiger charge is -2.24. The maximum Gasteiger partial charge on any atom is 0.307 e. The summed E-state index contributed by atoms with van der Waals surface area (Å²) in [6.07, 6.45) is 4.97. The SMILES string of the molecule is Cc1csc(=O)n1CCCC(=O)N1CCCC1CCCO. The fraction of sp³-hybridized carbons (Fsp3) is 0.733. The second-order valence-corrected chi connectivity index (χ2v) is 6.47. The average Bonchev–Trinajstić information content (AvgIpc) is 3.06. The molecule has 2 heterocycles. The predicted molar refractivity (Wildman–Crippen MR) is 83.6 cm³/mol. The maximum atomic E-state index is 12.3. The molecule has 1 atom stereocenters. The van der Waals surface area contributed by atoms with Crippen molar-refractivity contribution < 1.29 is 9.90 Å². The first-order valence-electron chi connectivity index (χ1n) is 7.68. The van der Waals surface area contributed by atoms with Crippen molar-refractivity contribution in [3.05, 3.63) is 20.7 Å². The van der Waals surface area contributed by atoms with Gasteiger partial charge in [0.25, 0.3) is 0 Å². The summed E-state index contributed by atoms with van der Waals surface area (Å²) in [5, 5.41) is 10.8. The molecule has 1 amide bonds. The summed E-state index contributed by atoms with van der Waals surface area (Å²) >= 11 is 1.21. The molecule has 1 aliphatic rings. The summed E-state index contributed by atoms with van der Waals surface area (Å²) < 4.78 is 1.74. The number of rotatable bonds is 7. The molecule has 0 radical (unpaired) electrons. The molecule has 118 valence electrons. The summed E-state index contributed by atoms with van der Waals surface area (Å²) in [6.45, 7) is 3.57. The van der Waals surface area contributed by atoms with Crippen LogP contribution < -0.4 is 4.87 Å². The Hall–Kier alpha value is -1.14. The van der Waals surface area contributed by atoms with E-state index in [9.17, 15) is 9.59 Å². The number of thiazole rings is 1. The number of likely N-dealkylation sites (tertiary alicyclic amines) is 1. The second-order valence-electron chi connectivity index (χ2n) is 5.65. The number of nitrogens with zero attached hydrogens (tertiary/aromatic N) is 2. The largest absolute Gasteiger partial charge is 0.396 e. The zero-order valence-corrected chi connectivity index (χ0v) is 13.4. The van der Waals surface area contributed by atoms with E-state index in [0.29, 0.717) is 25.4 Å². The molecule has 2 rings (SSSR count). The van der Waals surface area contributed by atoms with Crippen molar-refractivity contribution in [2.75, 3.05) is 13.2 Å². The molecule has 1 N–H and O–H groups in total. The molecule has 1 unspecified atom stereocenters. The highest BCUT2D eigenvalue weighted by Gasteiger charge is 2.27. The molecule has 5 nitrogen and oxygen atoms in total. The molecule has 1 aromatic rings. The highest BCUT2D eigenvalue weighted by molar-refractivity contribution is 7.07. The van der Waals surface area contributed by atoms with Crippen LogP contribution in [0.3, 0.4) is 0 Å². The van der Waals surface area contributed by atoms with Gasteiger partial charge in [0.2, 0.25) is 5.91 Å². The van der Waals surface area contributed by atoms with Crippen LogP contribution in [0.15, 0.2) is 10.2 Å². The third-order valence-corrected chi connectivity index (χ3v) is 5.02. The van der Waals surface area contributed by atoms with Gasteiger partial charge in [-0.1, -0.05) is 11.3 Å². The number of carbonyl (C=O) groups excluding carboxylic acids is 1. The van der Waals surface area contributed by atoms with E-state index >= 15 is 0 Å². The molecule has 0 spiro atoms. The molecule has 0 saturated carbocycles. The number of amides is 1. The van der Waals surface area contributed by atoms with E-state index in [-0.39, 0.29) is 17.4 Å². The van der Waals surface area contributed by atoms with Crippen LogP contribution in [0.2, 0.25) is 0 Å². The van der Waals surface area contributed by atoms with Crippen molar-refractivity contribution in [2.24, 2.45) is 0 Å². The van der Waals surface area contributed by atoms with E-state index in [4.69, 9.17) is 5.11 Å².